The summed E-state index contributed by atoms with van der Waals surface area (Å²) >= 11 is 0. The summed E-state index contributed by atoms with van der Waals surface area (Å²) in [5.41, 5.74) is 2.16. The number of benzene rings is 1. The number of aliphatic hydroxyl groups is 1. The van der Waals surface area contributed by atoms with Gasteiger partial charge in [-0.1, -0.05) is 31.2 Å². The second-order valence-corrected chi connectivity index (χ2v) is 4.28. The number of hydrogen-bond donors (Lipinski definition) is 1. The fourth-order valence-corrected chi connectivity index (χ4v) is 1.47. The lowest BCUT2D eigenvalue weighted by Gasteiger charge is -2.21. The highest BCUT2D eigenvalue weighted by molar-refractivity contribution is 5.25. The van der Waals surface area contributed by atoms with Crippen LogP contribution in [0, 0.1) is 6.92 Å². The van der Waals surface area contributed by atoms with Crippen LogP contribution in [0.4, 0.5) is 0 Å². The third-order valence-corrected chi connectivity index (χ3v) is 2.96. The highest BCUT2D eigenvalue weighted by Gasteiger charge is 2.17. The molecule has 1 heteroatoms. The van der Waals surface area contributed by atoms with Gasteiger partial charge in [-0.3, -0.25) is 0 Å². The number of rotatable bonds is 4. The lowest BCUT2D eigenvalue weighted by molar-refractivity contribution is 0.0473. The van der Waals surface area contributed by atoms with Crippen LogP contribution in [0.1, 0.15) is 37.8 Å². The van der Waals surface area contributed by atoms with Crippen molar-refractivity contribution < 1.29 is 5.11 Å². The minimum absolute atomic E-state index is 0.512. The second-order valence-electron chi connectivity index (χ2n) is 4.28. The fraction of sp³-hybridized carbons (Fsp3) is 0.538. The van der Waals surface area contributed by atoms with Crippen molar-refractivity contribution in [2.24, 2.45) is 0 Å². The van der Waals surface area contributed by atoms with Crippen molar-refractivity contribution in [3.63, 3.8) is 0 Å². The Balaban J connectivity index is 2.58. The zero-order valence-corrected chi connectivity index (χ0v) is 9.38. The molecule has 0 amide bonds. The van der Waals surface area contributed by atoms with Gasteiger partial charge in [0.2, 0.25) is 0 Å². The van der Waals surface area contributed by atoms with Crippen LogP contribution >= 0.6 is 0 Å². The van der Waals surface area contributed by atoms with Crippen LogP contribution < -0.4 is 0 Å². The maximum atomic E-state index is 9.88. The van der Waals surface area contributed by atoms with Gasteiger partial charge >= 0.3 is 0 Å². The van der Waals surface area contributed by atoms with Gasteiger partial charge in [0.1, 0.15) is 0 Å². The molecule has 1 nitrogen and oxygen atoms in total. The number of hydrogen-bond acceptors (Lipinski definition) is 1. The Bertz CT molecular complexity index is 289. The van der Waals surface area contributed by atoms with E-state index in [4.69, 9.17) is 0 Å². The van der Waals surface area contributed by atoms with Crippen LogP contribution in [-0.4, -0.2) is 10.7 Å². The van der Waals surface area contributed by atoms with E-state index in [1.165, 1.54) is 11.1 Å². The zero-order chi connectivity index (χ0) is 10.6. The highest BCUT2D eigenvalue weighted by Crippen LogP contribution is 2.18. The monoisotopic (exact) mass is 192 g/mol. The first-order chi connectivity index (χ1) is 6.55. The Kier molecular flexibility index (Phi) is 3.70. The Morgan fingerprint density at radius 1 is 1.29 bits per heavy atom. The normalized spacial score (nSPS) is 15.1. The first-order valence-electron chi connectivity index (χ1n) is 5.32. The molecule has 1 atom stereocenters. The lowest BCUT2D eigenvalue weighted by Crippen LogP contribution is -2.23. The summed E-state index contributed by atoms with van der Waals surface area (Å²) in [5, 5.41) is 9.88. The van der Waals surface area contributed by atoms with E-state index in [1.54, 1.807) is 0 Å². The molecular formula is C13H20O. The molecule has 1 aromatic carbocycles. The second kappa shape index (κ2) is 4.61. The van der Waals surface area contributed by atoms with E-state index in [0.29, 0.717) is 0 Å². The molecule has 0 saturated heterocycles. The average molecular weight is 192 g/mol. The van der Waals surface area contributed by atoms with Crippen LogP contribution in [-0.2, 0) is 6.42 Å². The van der Waals surface area contributed by atoms with Gasteiger partial charge in [-0.05, 0) is 44.2 Å². The highest BCUT2D eigenvalue weighted by atomic mass is 16.3. The Hall–Kier alpha value is -0.820. The Morgan fingerprint density at radius 3 is 2.50 bits per heavy atom. The molecule has 0 aromatic heterocycles. The summed E-state index contributed by atoms with van der Waals surface area (Å²) in [5.74, 6) is 0. The van der Waals surface area contributed by atoms with E-state index in [0.717, 1.165) is 19.3 Å². The van der Waals surface area contributed by atoms with E-state index in [1.807, 2.05) is 13.8 Å². The minimum Gasteiger partial charge on any atom is -0.390 e. The van der Waals surface area contributed by atoms with Crippen LogP contribution in [0.2, 0.25) is 0 Å². The van der Waals surface area contributed by atoms with Crippen LogP contribution in [0.5, 0.6) is 0 Å². The van der Waals surface area contributed by atoms with E-state index in [-0.39, 0.29) is 0 Å². The molecule has 0 aliphatic carbocycles. The summed E-state index contributed by atoms with van der Waals surface area (Å²) in [6, 6.07) is 8.37. The molecule has 0 heterocycles. The van der Waals surface area contributed by atoms with Gasteiger partial charge in [0, 0.05) is 0 Å². The largest absolute Gasteiger partial charge is 0.390 e. The van der Waals surface area contributed by atoms with Gasteiger partial charge in [0.25, 0.3) is 0 Å². The van der Waals surface area contributed by atoms with Gasteiger partial charge in [0.15, 0.2) is 0 Å². The summed E-state index contributed by atoms with van der Waals surface area (Å²) < 4.78 is 0. The Labute approximate surface area is 86.8 Å². The molecule has 14 heavy (non-hydrogen) atoms. The SMILES string of the molecule is CCC(C)(O)CCc1ccccc1C. The van der Waals surface area contributed by atoms with Crippen molar-refractivity contribution in [3.05, 3.63) is 35.4 Å². The standard InChI is InChI=1S/C13H20O/c1-4-13(3,14)10-9-12-8-6-5-7-11(12)2/h5-8,14H,4,9-10H2,1-3H3. The predicted octanol–water partition coefficient (Wildman–Crippen LogP) is 3.09. The molecular weight excluding hydrogens is 172 g/mol. The molecule has 1 rings (SSSR count). The average Bonchev–Trinajstić information content (AvgIpc) is 2.17. The molecule has 1 N–H and O–H groups in total. The third kappa shape index (κ3) is 3.15. The smallest absolute Gasteiger partial charge is 0.0620 e. The van der Waals surface area contributed by atoms with Gasteiger partial charge in [-0.25, -0.2) is 0 Å². The maximum Gasteiger partial charge on any atom is 0.0620 e. The summed E-state index contributed by atoms with van der Waals surface area (Å²) in [7, 11) is 0. The topological polar surface area (TPSA) is 20.2 Å². The third-order valence-electron chi connectivity index (χ3n) is 2.96. The van der Waals surface area contributed by atoms with Crippen molar-refractivity contribution in [1.29, 1.82) is 0 Å². The molecule has 0 saturated carbocycles. The molecule has 78 valence electrons. The summed E-state index contributed by atoms with van der Waals surface area (Å²) in [4.78, 5) is 0. The minimum atomic E-state index is -0.512. The van der Waals surface area contributed by atoms with E-state index in [9.17, 15) is 5.11 Å². The first kappa shape index (κ1) is 11.3. The van der Waals surface area contributed by atoms with Gasteiger partial charge in [-0.15, -0.1) is 0 Å². The molecule has 0 bridgehead atoms. The lowest BCUT2D eigenvalue weighted by atomic mass is 9.93. The number of aryl methyl sites for hydroxylation is 2. The van der Waals surface area contributed by atoms with Crippen molar-refractivity contribution in [1.82, 2.24) is 0 Å². The van der Waals surface area contributed by atoms with Gasteiger partial charge in [0.05, 0.1) is 5.60 Å². The molecule has 0 radical (unpaired) electrons. The van der Waals surface area contributed by atoms with E-state index >= 15 is 0 Å². The van der Waals surface area contributed by atoms with Gasteiger partial charge in [-0.2, -0.15) is 0 Å². The van der Waals surface area contributed by atoms with Crippen LogP contribution in [0.15, 0.2) is 24.3 Å². The fourth-order valence-electron chi connectivity index (χ4n) is 1.47. The van der Waals surface area contributed by atoms with E-state index in [2.05, 4.69) is 31.2 Å². The summed E-state index contributed by atoms with van der Waals surface area (Å²) in [6.07, 6.45) is 2.63. The molecule has 0 fully saturated rings. The van der Waals surface area contributed by atoms with Gasteiger partial charge < -0.3 is 5.11 Å². The molecule has 1 unspecified atom stereocenters. The Morgan fingerprint density at radius 2 is 1.93 bits per heavy atom. The molecule has 1 aromatic rings. The molecule has 0 spiro atoms. The van der Waals surface area contributed by atoms with Crippen LogP contribution in [0.25, 0.3) is 0 Å². The zero-order valence-electron chi connectivity index (χ0n) is 9.38. The van der Waals surface area contributed by atoms with Crippen LogP contribution in [0.3, 0.4) is 0 Å². The maximum absolute atomic E-state index is 9.88. The van der Waals surface area contributed by atoms with Crippen molar-refractivity contribution in [2.45, 2.75) is 45.6 Å². The first-order valence-corrected chi connectivity index (χ1v) is 5.32. The van der Waals surface area contributed by atoms with Crippen molar-refractivity contribution >= 4 is 0 Å². The predicted molar refractivity (Wildman–Crippen MR) is 60.4 cm³/mol. The molecule has 0 aliphatic rings. The summed E-state index contributed by atoms with van der Waals surface area (Å²) in [6.45, 7) is 6.05. The molecule has 0 aliphatic heterocycles. The van der Waals surface area contributed by atoms with Crippen molar-refractivity contribution in [3.8, 4) is 0 Å². The van der Waals surface area contributed by atoms with E-state index < -0.39 is 5.60 Å². The van der Waals surface area contributed by atoms with Crippen molar-refractivity contribution in [2.75, 3.05) is 0 Å². The quantitative estimate of drug-likeness (QED) is 0.777.